The first-order valence-corrected chi connectivity index (χ1v) is 5.02. The van der Waals surface area contributed by atoms with Crippen LogP contribution in [-0.4, -0.2) is 35.5 Å². The van der Waals surface area contributed by atoms with E-state index in [1.807, 2.05) is 13.8 Å². The predicted molar refractivity (Wildman–Crippen MR) is 54.6 cm³/mol. The van der Waals surface area contributed by atoms with Crippen molar-refractivity contribution in [1.29, 1.82) is 0 Å². The third kappa shape index (κ3) is 6.02. The molecule has 80 valence electrons. The summed E-state index contributed by atoms with van der Waals surface area (Å²) in [6, 6.07) is 0. The topological polar surface area (TPSA) is 52.5 Å². The van der Waals surface area contributed by atoms with E-state index in [0.717, 1.165) is 13.1 Å². The second kappa shape index (κ2) is 6.35. The van der Waals surface area contributed by atoms with Gasteiger partial charge in [-0.25, -0.2) is 0 Å². The van der Waals surface area contributed by atoms with Crippen LogP contribution in [0.15, 0.2) is 0 Å². The van der Waals surface area contributed by atoms with E-state index in [1.165, 1.54) is 0 Å². The van der Waals surface area contributed by atoms with Crippen LogP contribution in [0, 0.1) is 11.8 Å². The summed E-state index contributed by atoms with van der Waals surface area (Å²) in [6.45, 7) is 9.20. The smallest absolute Gasteiger partial charge is 0.0549 e. The Morgan fingerprint density at radius 2 is 1.15 bits per heavy atom. The predicted octanol–water partition coefficient (Wildman–Crippen LogP) is 0.610. The van der Waals surface area contributed by atoms with E-state index in [2.05, 4.69) is 5.32 Å². The van der Waals surface area contributed by atoms with Gasteiger partial charge in [-0.15, -0.1) is 0 Å². The Hall–Kier alpha value is -0.120. The van der Waals surface area contributed by atoms with Gasteiger partial charge in [0, 0.05) is 13.1 Å². The molecule has 3 heteroatoms. The average Bonchev–Trinajstić information content (AvgIpc) is 2.03. The van der Waals surface area contributed by atoms with Crippen LogP contribution in [0.3, 0.4) is 0 Å². The summed E-state index contributed by atoms with van der Waals surface area (Å²) in [5.74, 6) is 0.530. The van der Waals surface area contributed by atoms with Crippen LogP contribution in [0.25, 0.3) is 0 Å². The normalized spacial score (nSPS) is 20.8. The van der Waals surface area contributed by atoms with Crippen molar-refractivity contribution in [2.75, 3.05) is 13.1 Å². The highest BCUT2D eigenvalue weighted by Crippen LogP contribution is 2.02. The van der Waals surface area contributed by atoms with Crippen molar-refractivity contribution >= 4 is 0 Å². The monoisotopic (exact) mass is 189 g/mol. The van der Waals surface area contributed by atoms with Crippen LogP contribution in [0.1, 0.15) is 27.7 Å². The summed E-state index contributed by atoms with van der Waals surface area (Å²) in [5.41, 5.74) is 0. The van der Waals surface area contributed by atoms with Gasteiger partial charge in [-0.05, 0) is 25.7 Å². The van der Waals surface area contributed by atoms with Crippen molar-refractivity contribution in [3.05, 3.63) is 0 Å². The summed E-state index contributed by atoms with van der Waals surface area (Å²) >= 11 is 0. The van der Waals surface area contributed by atoms with Crippen LogP contribution in [0.4, 0.5) is 0 Å². The fourth-order valence-corrected chi connectivity index (χ4v) is 0.880. The van der Waals surface area contributed by atoms with E-state index in [4.69, 9.17) is 0 Å². The highest BCUT2D eigenvalue weighted by Gasteiger charge is 2.11. The Morgan fingerprint density at radius 1 is 0.846 bits per heavy atom. The van der Waals surface area contributed by atoms with E-state index in [1.54, 1.807) is 13.8 Å². The molecule has 0 aromatic heterocycles. The summed E-state index contributed by atoms with van der Waals surface area (Å²) in [5, 5.41) is 21.6. The van der Waals surface area contributed by atoms with Gasteiger partial charge in [0.25, 0.3) is 0 Å². The minimum absolute atomic E-state index is 0.265. The average molecular weight is 189 g/mol. The largest absolute Gasteiger partial charge is 0.393 e. The van der Waals surface area contributed by atoms with Gasteiger partial charge in [0.15, 0.2) is 0 Å². The van der Waals surface area contributed by atoms with Crippen molar-refractivity contribution < 1.29 is 10.2 Å². The molecule has 0 fully saturated rings. The zero-order chi connectivity index (χ0) is 10.4. The fraction of sp³-hybridized carbons (Fsp3) is 1.00. The van der Waals surface area contributed by atoms with E-state index < -0.39 is 0 Å². The SMILES string of the molecule is CC(O)C(C)CNCC(C)C(C)O. The Bertz CT molecular complexity index is 112. The molecule has 0 amide bonds. The number of hydrogen-bond donors (Lipinski definition) is 3. The van der Waals surface area contributed by atoms with Crippen LogP contribution >= 0.6 is 0 Å². The summed E-state index contributed by atoms with van der Waals surface area (Å²) in [4.78, 5) is 0. The lowest BCUT2D eigenvalue weighted by atomic mass is 10.0. The van der Waals surface area contributed by atoms with Gasteiger partial charge in [-0.1, -0.05) is 13.8 Å². The maximum absolute atomic E-state index is 9.21. The third-order valence-electron chi connectivity index (χ3n) is 2.58. The molecule has 4 unspecified atom stereocenters. The number of aliphatic hydroxyl groups is 2. The van der Waals surface area contributed by atoms with Crippen molar-refractivity contribution in [3.63, 3.8) is 0 Å². The molecule has 0 aliphatic carbocycles. The standard InChI is InChI=1S/C10H23NO2/c1-7(9(3)12)5-11-6-8(2)10(4)13/h7-13H,5-6H2,1-4H3. The summed E-state index contributed by atoms with van der Waals surface area (Å²) in [6.07, 6.45) is -0.538. The second-order valence-electron chi connectivity index (χ2n) is 4.09. The molecule has 0 aliphatic heterocycles. The van der Waals surface area contributed by atoms with Crippen molar-refractivity contribution in [3.8, 4) is 0 Å². The molecule has 0 aliphatic rings. The van der Waals surface area contributed by atoms with Crippen LogP contribution in [0.5, 0.6) is 0 Å². The zero-order valence-corrected chi connectivity index (χ0v) is 9.12. The first-order valence-electron chi connectivity index (χ1n) is 5.02. The van der Waals surface area contributed by atoms with Crippen LogP contribution in [-0.2, 0) is 0 Å². The summed E-state index contributed by atoms with van der Waals surface area (Å²) < 4.78 is 0. The van der Waals surface area contributed by atoms with Gasteiger partial charge >= 0.3 is 0 Å². The maximum atomic E-state index is 9.21. The lowest BCUT2D eigenvalue weighted by Crippen LogP contribution is -2.33. The lowest BCUT2D eigenvalue weighted by Gasteiger charge is -2.19. The Kier molecular flexibility index (Phi) is 6.29. The fourth-order valence-electron chi connectivity index (χ4n) is 0.880. The molecule has 0 spiro atoms. The number of hydrogen-bond acceptors (Lipinski definition) is 3. The van der Waals surface area contributed by atoms with Crippen LogP contribution < -0.4 is 5.32 Å². The van der Waals surface area contributed by atoms with Gasteiger partial charge in [0.05, 0.1) is 12.2 Å². The van der Waals surface area contributed by atoms with Crippen molar-refractivity contribution in [2.45, 2.75) is 39.9 Å². The Labute approximate surface area is 81.2 Å². The number of nitrogens with one attached hydrogen (secondary N) is 1. The second-order valence-corrected chi connectivity index (χ2v) is 4.09. The highest BCUT2D eigenvalue weighted by molar-refractivity contribution is 4.66. The molecule has 13 heavy (non-hydrogen) atoms. The molecule has 0 aromatic rings. The van der Waals surface area contributed by atoms with Gasteiger partial charge in [-0.2, -0.15) is 0 Å². The molecule has 0 radical (unpaired) electrons. The van der Waals surface area contributed by atoms with Gasteiger partial charge < -0.3 is 15.5 Å². The van der Waals surface area contributed by atoms with E-state index in [9.17, 15) is 10.2 Å². The molecule has 4 atom stereocenters. The van der Waals surface area contributed by atoms with E-state index in [0.29, 0.717) is 0 Å². The maximum Gasteiger partial charge on any atom is 0.0549 e. The Morgan fingerprint density at radius 3 is 1.38 bits per heavy atom. The number of aliphatic hydroxyl groups excluding tert-OH is 2. The quantitative estimate of drug-likeness (QED) is 0.574. The van der Waals surface area contributed by atoms with E-state index in [-0.39, 0.29) is 24.0 Å². The molecule has 0 saturated heterocycles. The molecule has 0 heterocycles. The zero-order valence-electron chi connectivity index (χ0n) is 9.12. The highest BCUT2D eigenvalue weighted by atomic mass is 16.3. The molecule has 0 aromatic carbocycles. The molecule has 0 rings (SSSR count). The van der Waals surface area contributed by atoms with Crippen molar-refractivity contribution in [1.82, 2.24) is 5.32 Å². The first kappa shape index (κ1) is 12.9. The molecular weight excluding hydrogens is 166 g/mol. The van der Waals surface area contributed by atoms with Gasteiger partial charge in [-0.3, -0.25) is 0 Å². The lowest BCUT2D eigenvalue weighted by molar-refractivity contribution is 0.120. The van der Waals surface area contributed by atoms with Gasteiger partial charge in [0.2, 0.25) is 0 Å². The number of rotatable bonds is 6. The van der Waals surface area contributed by atoms with E-state index >= 15 is 0 Å². The molecule has 3 nitrogen and oxygen atoms in total. The summed E-state index contributed by atoms with van der Waals surface area (Å²) in [7, 11) is 0. The Balaban J connectivity index is 3.45. The van der Waals surface area contributed by atoms with Crippen molar-refractivity contribution in [2.24, 2.45) is 11.8 Å². The molecule has 0 saturated carbocycles. The minimum atomic E-state index is -0.269. The molecule has 3 N–H and O–H groups in total. The molecule has 0 bridgehead atoms. The minimum Gasteiger partial charge on any atom is -0.393 e. The molecular formula is C10H23NO2. The van der Waals surface area contributed by atoms with Gasteiger partial charge in [0.1, 0.15) is 0 Å². The first-order chi connectivity index (χ1) is 5.95. The van der Waals surface area contributed by atoms with Crippen LogP contribution in [0.2, 0.25) is 0 Å². The third-order valence-corrected chi connectivity index (χ3v) is 2.58.